The lowest BCUT2D eigenvalue weighted by molar-refractivity contribution is 0.189. The number of aromatic nitrogens is 2. The number of likely N-dealkylation sites (tertiary alicyclic amines) is 1. The molecule has 0 bridgehead atoms. The van der Waals surface area contributed by atoms with Crippen molar-refractivity contribution in [2.75, 3.05) is 41.0 Å². The summed E-state index contributed by atoms with van der Waals surface area (Å²) in [6.45, 7) is 7.55. The highest BCUT2D eigenvalue weighted by atomic mass is 127. The van der Waals surface area contributed by atoms with Crippen LogP contribution in [0.4, 0.5) is 0 Å². The number of piperidine rings is 1. The first-order chi connectivity index (χ1) is 14.6. The Morgan fingerprint density at radius 1 is 1.16 bits per heavy atom. The van der Waals surface area contributed by atoms with Crippen LogP contribution in [0.25, 0.3) is 0 Å². The second kappa shape index (κ2) is 12.0. The molecule has 8 nitrogen and oxygen atoms in total. The van der Waals surface area contributed by atoms with Crippen LogP contribution in [0, 0.1) is 5.92 Å². The molecule has 31 heavy (non-hydrogen) atoms. The lowest BCUT2D eigenvalue weighted by Gasteiger charge is -2.39. The zero-order valence-electron chi connectivity index (χ0n) is 19.0. The summed E-state index contributed by atoms with van der Waals surface area (Å²) in [5.74, 6) is 3.54. The summed E-state index contributed by atoms with van der Waals surface area (Å²) in [6.07, 6.45) is 6.90. The van der Waals surface area contributed by atoms with E-state index in [1.807, 2.05) is 30.9 Å². The van der Waals surface area contributed by atoms with Crippen molar-refractivity contribution in [2.24, 2.45) is 10.9 Å². The summed E-state index contributed by atoms with van der Waals surface area (Å²) in [5.41, 5.74) is 0.946. The number of aliphatic imine (C=N–C) groups is 1. The highest BCUT2D eigenvalue weighted by Gasteiger charge is 2.29. The summed E-state index contributed by atoms with van der Waals surface area (Å²) in [7, 11) is 4.90. The van der Waals surface area contributed by atoms with Gasteiger partial charge in [0.2, 0.25) is 0 Å². The molecule has 9 heteroatoms. The molecule has 2 atom stereocenters. The molecule has 0 aliphatic carbocycles. The fourth-order valence-corrected chi connectivity index (χ4v) is 3.90. The van der Waals surface area contributed by atoms with E-state index in [0.717, 1.165) is 43.3 Å². The Balaban J connectivity index is 0.00000341. The number of guanidine groups is 1. The summed E-state index contributed by atoms with van der Waals surface area (Å²) in [6, 6.07) is 4.15. The van der Waals surface area contributed by atoms with Crippen molar-refractivity contribution in [3.8, 4) is 17.2 Å². The molecule has 0 radical (unpaired) electrons. The van der Waals surface area contributed by atoms with Gasteiger partial charge in [0, 0.05) is 43.7 Å². The second-order valence-electron chi connectivity index (χ2n) is 7.48. The highest BCUT2D eigenvalue weighted by Crippen LogP contribution is 2.35. The van der Waals surface area contributed by atoms with Gasteiger partial charge in [0.05, 0.1) is 40.2 Å². The zero-order valence-corrected chi connectivity index (χ0v) is 21.3. The number of benzene rings is 1. The van der Waals surface area contributed by atoms with E-state index in [4.69, 9.17) is 19.2 Å². The molecule has 172 valence electrons. The third-order valence-electron chi connectivity index (χ3n) is 5.65. The van der Waals surface area contributed by atoms with Crippen LogP contribution in [-0.2, 0) is 6.54 Å². The number of rotatable bonds is 7. The molecule has 3 rings (SSSR count). The maximum Gasteiger partial charge on any atom is 0.194 e. The van der Waals surface area contributed by atoms with E-state index in [2.05, 4.69) is 33.6 Å². The lowest BCUT2D eigenvalue weighted by atomic mass is 9.93. The number of methoxy groups -OCH3 is 3. The van der Waals surface area contributed by atoms with Crippen molar-refractivity contribution >= 4 is 29.9 Å². The first-order valence-electron chi connectivity index (χ1n) is 10.4. The van der Waals surface area contributed by atoms with Crippen LogP contribution in [0.3, 0.4) is 0 Å². The quantitative estimate of drug-likeness (QED) is 0.327. The summed E-state index contributed by atoms with van der Waals surface area (Å²) < 4.78 is 18.6. The van der Waals surface area contributed by atoms with Gasteiger partial charge in [-0.2, -0.15) is 0 Å². The normalized spacial score (nSPS) is 18.9. The van der Waals surface area contributed by atoms with E-state index >= 15 is 0 Å². The van der Waals surface area contributed by atoms with E-state index in [1.54, 1.807) is 21.3 Å². The van der Waals surface area contributed by atoms with Crippen LogP contribution in [0.5, 0.6) is 17.2 Å². The van der Waals surface area contributed by atoms with E-state index < -0.39 is 0 Å². The third-order valence-corrected chi connectivity index (χ3v) is 5.65. The molecule has 1 aliphatic rings. The molecule has 1 N–H and O–H groups in total. The summed E-state index contributed by atoms with van der Waals surface area (Å²) in [5, 5.41) is 3.45. The Hall–Kier alpha value is -2.17. The minimum atomic E-state index is 0. The van der Waals surface area contributed by atoms with E-state index in [9.17, 15) is 0 Å². The van der Waals surface area contributed by atoms with Gasteiger partial charge in [-0.3, -0.25) is 0 Å². The van der Waals surface area contributed by atoms with Gasteiger partial charge in [0.25, 0.3) is 0 Å². The number of nitrogens with zero attached hydrogens (tertiary/aromatic N) is 4. The molecule has 1 aromatic heterocycles. The average Bonchev–Trinajstić information content (AvgIpc) is 3.31. The van der Waals surface area contributed by atoms with Crippen LogP contribution >= 0.6 is 24.0 Å². The zero-order chi connectivity index (χ0) is 21.5. The lowest BCUT2D eigenvalue weighted by Crippen LogP contribution is -2.49. The fourth-order valence-electron chi connectivity index (χ4n) is 3.90. The van der Waals surface area contributed by atoms with Gasteiger partial charge in [0.15, 0.2) is 17.5 Å². The van der Waals surface area contributed by atoms with Crippen LogP contribution in [0.2, 0.25) is 0 Å². The number of ether oxygens (including phenoxy) is 3. The number of imidazole rings is 1. The predicted octanol–water partition coefficient (Wildman–Crippen LogP) is 3.58. The number of halogens is 1. The molecular weight excluding hydrogens is 509 g/mol. The second-order valence-corrected chi connectivity index (χ2v) is 7.48. The molecule has 1 aromatic carbocycles. The van der Waals surface area contributed by atoms with Crippen LogP contribution < -0.4 is 19.5 Å². The van der Waals surface area contributed by atoms with Gasteiger partial charge < -0.3 is 29.0 Å². The number of nitrogens with one attached hydrogen (secondary N) is 1. The topological polar surface area (TPSA) is 73.1 Å². The first-order valence-corrected chi connectivity index (χ1v) is 10.4. The van der Waals surface area contributed by atoms with Gasteiger partial charge in [-0.25, -0.2) is 9.98 Å². The Morgan fingerprint density at radius 2 is 1.87 bits per heavy atom. The van der Waals surface area contributed by atoms with Gasteiger partial charge in [-0.05, 0) is 25.3 Å². The molecule has 0 spiro atoms. The molecule has 2 aromatic rings. The standard InChI is InChI=1S/C22H33N5O3.HI/c1-6-24-22(26-9-7-16(2)18(14-26)27-10-8-23-15-27)25-13-17-11-20(29-4)21(30-5)12-19(17)28-3;/h8,10-12,15-16,18H,6-7,9,13-14H2,1-5H3,(H,24,25);1H. The van der Waals surface area contributed by atoms with E-state index in [0.29, 0.717) is 30.0 Å². The van der Waals surface area contributed by atoms with Crippen molar-refractivity contribution in [3.63, 3.8) is 0 Å². The van der Waals surface area contributed by atoms with Gasteiger partial charge >= 0.3 is 0 Å². The van der Waals surface area contributed by atoms with Gasteiger partial charge in [-0.1, -0.05) is 6.92 Å². The molecule has 2 heterocycles. The van der Waals surface area contributed by atoms with Gasteiger partial charge in [-0.15, -0.1) is 24.0 Å². The monoisotopic (exact) mass is 543 g/mol. The van der Waals surface area contributed by atoms with E-state index in [-0.39, 0.29) is 24.0 Å². The molecule has 0 amide bonds. The average molecular weight is 543 g/mol. The van der Waals surface area contributed by atoms with Crippen LogP contribution in [-0.4, -0.2) is 61.4 Å². The van der Waals surface area contributed by atoms with Crippen molar-refractivity contribution in [1.82, 2.24) is 19.8 Å². The fraction of sp³-hybridized carbons (Fsp3) is 0.545. The Morgan fingerprint density at radius 3 is 2.48 bits per heavy atom. The summed E-state index contributed by atoms with van der Waals surface area (Å²) in [4.78, 5) is 11.5. The highest BCUT2D eigenvalue weighted by molar-refractivity contribution is 14.0. The van der Waals surface area contributed by atoms with Crippen molar-refractivity contribution < 1.29 is 14.2 Å². The first kappa shape index (κ1) is 25.1. The molecule has 0 saturated carbocycles. The molecule has 1 fully saturated rings. The largest absolute Gasteiger partial charge is 0.496 e. The minimum absolute atomic E-state index is 0. The third kappa shape index (κ3) is 5.96. The predicted molar refractivity (Wildman–Crippen MR) is 133 cm³/mol. The maximum atomic E-state index is 5.56. The minimum Gasteiger partial charge on any atom is -0.496 e. The Labute approximate surface area is 202 Å². The molecular formula is C22H34IN5O3. The van der Waals surface area contributed by atoms with Crippen molar-refractivity contribution in [3.05, 3.63) is 36.4 Å². The van der Waals surface area contributed by atoms with Crippen molar-refractivity contribution in [1.29, 1.82) is 0 Å². The molecule has 2 unspecified atom stereocenters. The van der Waals surface area contributed by atoms with E-state index in [1.165, 1.54) is 0 Å². The molecule has 1 saturated heterocycles. The van der Waals surface area contributed by atoms with Crippen molar-refractivity contribution in [2.45, 2.75) is 32.9 Å². The molecule has 1 aliphatic heterocycles. The summed E-state index contributed by atoms with van der Waals surface area (Å²) >= 11 is 0. The SMILES string of the molecule is CCNC(=NCc1cc(OC)c(OC)cc1OC)N1CCC(C)C(n2ccnc2)C1.I. The Kier molecular flexibility index (Phi) is 9.73. The van der Waals surface area contributed by atoms with Crippen LogP contribution in [0.1, 0.15) is 31.9 Å². The smallest absolute Gasteiger partial charge is 0.194 e. The van der Waals surface area contributed by atoms with Gasteiger partial charge in [0.1, 0.15) is 5.75 Å². The Bertz CT molecular complexity index is 844. The van der Waals surface area contributed by atoms with Crippen LogP contribution in [0.15, 0.2) is 35.8 Å². The number of hydrogen-bond acceptors (Lipinski definition) is 5. The number of hydrogen-bond donors (Lipinski definition) is 1. The maximum absolute atomic E-state index is 5.56.